The number of non-ortho nitro benzene ring substituents is 1. The molecule has 0 atom stereocenters. The van der Waals surface area contributed by atoms with E-state index in [0.29, 0.717) is 27.9 Å². The summed E-state index contributed by atoms with van der Waals surface area (Å²) in [7, 11) is 0. The molecule has 0 unspecified atom stereocenters. The maximum absolute atomic E-state index is 12.5. The number of nitrogen functional groups attached to an aromatic ring is 1. The van der Waals surface area contributed by atoms with Gasteiger partial charge in [0.1, 0.15) is 15.7 Å². The molecule has 1 amide bonds. The Morgan fingerprint density at radius 3 is 2.47 bits per heavy atom. The van der Waals surface area contributed by atoms with Crippen LogP contribution in [0.5, 0.6) is 0 Å². The number of amides is 1. The second-order valence-corrected chi connectivity index (χ2v) is 9.46. The van der Waals surface area contributed by atoms with Gasteiger partial charge in [-0.2, -0.15) is 0 Å². The minimum atomic E-state index is -0.448. The summed E-state index contributed by atoms with van der Waals surface area (Å²) in [5.74, 6) is 0.159. The van der Waals surface area contributed by atoms with Gasteiger partial charge in [0.2, 0.25) is 0 Å². The monoisotopic (exact) mass is 514 g/mol. The zero-order valence-electron chi connectivity index (χ0n) is 18.5. The Morgan fingerprint density at radius 2 is 1.72 bits per heavy atom. The summed E-state index contributed by atoms with van der Waals surface area (Å²) in [6.45, 7) is 0. The van der Waals surface area contributed by atoms with E-state index in [4.69, 9.17) is 10.7 Å². The molecule has 0 saturated carbocycles. The summed E-state index contributed by atoms with van der Waals surface area (Å²) in [6.07, 6.45) is 0. The Hall–Kier alpha value is -4.61. The number of anilines is 4. The molecule has 0 spiro atoms. The van der Waals surface area contributed by atoms with E-state index in [1.165, 1.54) is 34.8 Å². The number of nitrogens with zero attached hydrogens (tertiary/aromatic N) is 3. The van der Waals surface area contributed by atoms with Crippen molar-refractivity contribution >= 4 is 56.6 Å². The molecule has 36 heavy (non-hydrogen) atoms. The summed E-state index contributed by atoms with van der Waals surface area (Å²) in [5.41, 5.74) is 9.70. The lowest BCUT2D eigenvalue weighted by Crippen LogP contribution is -2.11. The predicted octanol–water partition coefficient (Wildman–Crippen LogP) is 6.42. The second kappa shape index (κ2) is 9.94. The van der Waals surface area contributed by atoms with E-state index in [0.717, 1.165) is 21.1 Å². The lowest BCUT2D eigenvalue weighted by Gasteiger charge is -2.06. The molecule has 0 bridgehead atoms. The van der Waals surface area contributed by atoms with Crippen molar-refractivity contribution in [3.8, 4) is 21.1 Å². The van der Waals surface area contributed by atoms with Crippen molar-refractivity contribution < 1.29 is 9.72 Å². The molecule has 0 radical (unpaired) electrons. The summed E-state index contributed by atoms with van der Waals surface area (Å²) in [6, 6.07) is 22.6. The first-order valence-electron chi connectivity index (χ1n) is 10.7. The Balaban J connectivity index is 1.32. The Labute approximate surface area is 213 Å². The van der Waals surface area contributed by atoms with E-state index in [9.17, 15) is 14.9 Å². The SMILES string of the molecule is Nc1nc(Nc2ccc([N+](=O)[O-])cc2)sc1-c1nc(-c2cccc(NC(=O)c3ccccc3)c2)cs1. The van der Waals surface area contributed by atoms with Gasteiger partial charge in [-0.1, -0.05) is 41.7 Å². The van der Waals surface area contributed by atoms with Crippen LogP contribution in [0.3, 0.4) is 0 Å². The Kier molecular flexibility index (Phi) is 6.39. The molecule has 9 nitrogen and oxygen atoms in total. The summed E-state index contributed by atoms with van der Waals surface area (Å²) in [5, 5.41) is 20.1. The molecule has 0 aliphatic carbocycles. The zero-order chi connectivity index (χ0) is 25.1. The van der Waals surface area contributed by atoms with Crippen LogP contribution in [-0.4, -0.2) is 20.8 Å². The molecule has 0 aliphatic heterocycles. The maximum Gasteiger partial charge on any atom is 0.269 e. The van der Waals surface area contributed by atoms with Crippen LogP contribution in [-0.2, 0) is 0 Å². The minimum Gasteiger partial charge on any atom is -0.382 e. The van der Waals surface area contributed by atoms with E-state index in [1.54, 1.807) is 24.3 Å². The minimum absolute atomic E-state index is 0.0129. The van der Waals surface area contributed by atoms with Crippen molar-refractivity contribution in [2.24, 2.45) is 0 Å². The fourth-order valence-electron chi connectivity index (χ4n) is 3.39. The quantitative estimate of drug-likeness (QED) is 0.168. The van der Waals surface area contributed by atoms with E-state index in [1.807, 2.05) is 47.8 Å². The topological polar surface area (TPSA) is 136 Å². The van der Waals surface area contributed by atoms with E-state index in [-0.39, 0.29) is 11.6 Å². The van der Waals surface area contributed by atoms with Crippen LogP contribution in [0.1, 0.15) is 10.4 Å². The van der Waals surface area contributed by atoms with Crippen LogP contribution >= 0.6 is 22.7 Å². The van der Waals surface area contributed by atoms with Crippen molar-refractivity contribution in [2.45, 2.75) is 0 Å². The third-order valence-corrected chi connectivity index (χ3v) is 7.12. The fourth-order valence-corrected chi connectivity index (χ4v) is 5.22. The zero-order valence-corrected chi connectivity index (χ0v) is 20.2. The van der Waals surface area contributed by atoms with E-state index in [2.05, 4.69) is 15.6 Å². The lowest BCUT2D eigenvalue weighted by atomic mass is 10.1. The van der Waals surface area contributed by atoms with E-state index >= 15 is 0 Å². The first kappa shape index (κ1) is 23.1. The van der Waals surface area contributed by atoms with Crippen LogP contribution in [0.15, 0.2) is 84.2 Å². The van der Waals surface area contributed by atoms with Crippen LogP contribution in [0.25, 0.3) is 21.1 Å². The van der Waals surface area contributed by atoms with Crippen LogP contribution in [0.4, 0.5) is 28.0 Å². The maximum atomic E-state index is 12.5. The van der Waals surface area contributed by atoms with Crippen molar-refractivity contribution in [2.75, 3.05) is 16.4 Å². The second-order valence-electron chi connectivity index (χ2n) is 7.60. The summed E-state index contributed by atoms with van der Waals surface area (Å²) < 4.78 is 0. The molecule has 2 aromatic heterocycles. The number of nitrogens with two attached hydrogens (primary N) is 1. The number of aromatic nitrogens is 2. The molecular weight excluding hydrogens is 496 g/mol. The van der Waals surface area contributed by atoms with Gasteiger partial charge in [0.15, 0.2) is 5.13 Å². The number of nitrogens with one attached hydrogen (secondary N) is 2. The number of nitro groups is 1. The van der Waals surface area contributed by atoms with Crippen LogP contribution < -0.4 is 16.4 Å². The van der Waals surface area contributed by atoms with Gasteiger partial charge >= 0.3 is 0 Å². The third-order valence-electron chi connectivity index (χ3n) is 5.13. The fraction of sp³-hybridized carbons (Fsp3) is 0. The molecule has 11 heteroatoms. The molecule has 5 aromatic rings. The van der Waals surface area contributed by atoms with Crippen molar-refractivity contribution in [3.05, 3.63) is 99.9 Å². The smallest absolute Gasteiger partial charge is 0.269 e. The molecule has 5 rings (SSSR count). The molecular formula is C25H18N6O3S2. The van der Waals surface area contributed by atoms with Gasteiger partial charge in [-0.15, -0.1) is 11.3 Å². The highest BCUT2D eigenvalue weighted by Crippen LogP contribution is 2.39. The highest BCUT2D eigenvalue weighted by molar-refractivity contribution is 7.23. The number of carbonyl (C=O) groups excluding carboxylic acids is 1. The van der Waals surface area contributed by atoms with Crippen molar-refractivity contribution in [1.82, 2.24) is 9.97 Å². The molecule has 0 saturated heterocycles. The van der Waals surface area contributed by atoms with Crippen LogP contribution in [0.2, 0.25) is 0 Å². The van der Waals surface area contributed by atoms with Crippen LogP contribution in [0, 0.1) is 10.1 Å². The van der Waals surface area contributed by atoms with E-state index < -0.39 is 4.92 Å². The lowest BCUT2D eigenvalue weighted by molar-refractivity contribution is -0.384. The Bertz CT molecular complexity index is 1550. The van der Waals surface area contributed by atoms with Gasteiger partial charge in [0.25, 0.3) is 11.6 Å². The molecule has 3 aromatic carbocycles. The number of nitro benzene ring substituents is 1. The van der Waals surface area contributed by atoms with Gasteiger partial charge in [0.05, 0.1) is 10.6 Å². The van der Waals surface area contributed by atoms with Crippen molar-refractivity contribution in [3.63, 3.8) is 0 Å². The molecule has 4 N–H and O–H groups in total. The number of hydrogen-bond donors (Lipinski definition) is 3. The van der Waals surface area contributed by atoms with Gasteiger partial charge in [-0.25, -0.2) is 9.97 Å². The number of hydrogen-bond acceptors (Lipinski definition) is 9. The summed E-state index contributed by atoms with van der Waals surface area (Å²) >= 11 is 2.79. The predicted molar refractivity (Wildman–Crippen MR) is 144 cm³/mol. The van der Waals surface area contributed by atoms with Gasteiger partial charge < -0.3 is 16.4 Å². The molecule has 178 valence electrons. The third kappa shape index (κ3) is 5.06. The molecule has 0 aliphatic rings. The highest BCUT2D eigenvalue weighted by atomic mass is 32.1. The average Bonchev–Trinajstić information content (AvgIpc) is 3.51. The number of rotatable bonds is 7. The number of carbonyl (C=O) groups is 1. The Morgan fingerprint density at radius 1 is 0.944 bits per heavy atom. The van der Waals surface area contributed by atoms with Gasteiger partial charge in [-0.05, 0) is 36.4 Å². The molecule has 0 fully saturated rings. The number of thiazole rings is 2. The standard InChI is InChI=1S/C25H18N6O3S2/c26-22-21(36-25(30-22)28-17-9-11-19(12-10-17)31(33)34)24-29-20(14-35-24)16-7-4-8-18(13-16)27-23(32)15-5-2-1-3-6-15/h1-14H,26H2,(H,27,32)(H,28,30). The largest absolute Gasteiger partial charge is 0.382 e. The normalized spacial score (nSPS) is 10.7. The van der Waals surface area contributed by atoms with Gasteiger partial charge in [-0.3, -0.25) is 14.9 Å². The van der Waals surface area contributed by atoms with Gasteiger partial charge in [0, 0.05) is 40.0 Å². The molecule has 2 heterocycles. The number of benzene rings is 3. The first-order chi connectivity index (χ1) is 17.5. The highest BCUT2D eigenvalue weighted by Gasteiger charge is 2.16. The summed E-state index contributed by atoms with van der Waals surface area (Å²) in [4.78, 5) is 32.7. The average molecular weight is 515 g/mol. The first-order valence-corrected chi connectivity index (χ1v) is 12.4. The van der Waals surface area contributed by atoms with Crippen molar-refractivity contribution in [1.29, 1.82) is 0 Å².